The van der Waals surface area contributed by atoms with Crippen LogP contribution in [0.2, 0.25) is 0 Å². The van der Waals surface area contributed by atoms with Crippen LogP contribution < -0.4 is 0 Å². The van der Waals surface area contributed by atoms with Crippen molar-refractivity contribution < 1.29 is 19.8 Å². The topological polar surface area (TPSA) is 95.7 Å². The Morgan fingerprint density at radius 3 is 2.55 bits per heavy atom. The molecule has 7 heteroatoms. The second kappa shape index (κ2) is 6.51. The van der Waals surface area contributed by atoms with E-state index in [0.717, 1.165) is 19.5 Å². The highest BCUT2D eigenvalue weighted by molar-refractivity contribution is 5.80. The molecule has 1 aliphatic rings. The summed E-state index contributed by atoms with van der Waals surface area (Å²) in [5.74, 6) is -3.60. The van der Waals surface area contributed by atoms with Crippen molar-refractivity contribution in [2.75, 3.05) is 19.6 Å². The fraction of sp³-hybridized carbons (Fsp3) is 0.615. The van der Waals surface area contributed by atoms with Gasteiger partial charge in [0.2, 0.25) is 0 Å². The zero-order chi connectivity index (χ0) is 14.5. The predicted molar refractivity (Wildman–Crippen MR) is 70.2 cm³/mol. The molecule has 20 heavy (non-hydrogen) atoms. The average molecular weight is 281 g/mol. The number of carbonyl (C=O) groups is 2. The lowest BCUT2D eigenvalue weighted by atomic mass is 9.85. The maximum Gasteiger partial charge on any atom is 0.308 e. The van der Waals surface area contributed by atoms with E-state index < -0.39 is 23.8 Å². The minimum Gasteiger partial charge on any atom is -0.481 e. The molecule has 1 aliphatic heterocycles. The molecule has 1 aromatic heterocycles. The van der Waals surface area contributed by atoms with Gasteiger partial charge in [-0.2, -0.15) is 0 Å². The van der Waals surface area contributed by atoms with Gasteiger partial charge in [-0.1, -0.05) is 0 Å². The van der Waals surface area contributed by atoms with Gasteiger partial charge in [-0.15, -0.1) is 0 Å². The van der Waals surface area contributed by atoms with Gasteiger partial charge in [0.05, 0.1) is 18.2 Å². The van der Waals surface area contributed by atoms with Crippen molar-refractivity contribution in [1.29, 1.82) is 0 Å². The minimum absolute atomic E-state index is 0.316. The van der Waals surface area contributed by atoms with Gasteiger partial charge in [0.15, 0.2) is 0 Å². The van der Waals surface area contributed by atoms with Gasteiger partial charge < -0.3 is 19.7 Å². The number of hydrogen-bond acceptors (Lipinski definition) is 4. The van der Waals surface area contributed by atoms with E-state index in [4.69, 9.17) is 10.2 Å². The molecule has 0 radical (unpaired) electrons. The summed E-state index contributed by atoms with van der Waals surface area (Å²) in [6.45, 7) is 2.56. The first kappa shape index (κ1) is 14.5. The van der Waals surface area contributed by atoms with Gasteiger partial charge in [-0.05, 0) is 25.9 Å². The number of aryl methyl sites for hydroxylation is 1. The summed E-state index contributed by atoms with van der Waals surface area (Å²) in [4.78, 5) is 28.2. The van der Waals surface area contributed by atoms with Crippen molar-refractivity contribution in [1.82, 2.24) is 14.5 Å². The Morgan fingerprint density at radius 1 is 1.20 bits per heavy atom. The third-order valence-electron chi connectivity index (χ3n) is 3.78. The van der Waals surface area contributed by atoms with Crippen molar-refractivity contribution in [2.45, 2.75) is 19.4 Å². The number of likely N-dealkylation sites (tertiary alicyclic amines) is 1. The monoisotopic (exact) mass is 281 g/mol. The summed E-state index contributed by atoms with van der Waals surface area (Å²) in [6, 6.07) is 0. The number of hydrogen-bond donors (Lipinski definition) is 2. The number of aromatic nitrogens is 2. The Kier molecular flexibility index (Phi) is 4.73. The molecule has 1 fully saturated rings. The van der Waals surface area contributed by atoms with Crippen LogP contribution in [0.15, 0.2) is 18.7 Å². The Balaban J connectivity index is 1.82. The largest absolute Gasteiger partial charge is 0.481 e. The van der Waals surface area contributed by atoms with Crippen molar-refractivity contribution in [3.63, 3.8) is 0 Å². The van der Waals surface area contributed by atoms with E-state index in [1.165, 1.54) is 0 Å². The quantitative estimate of drug-likeness (QED) is 0.782. The molecule has 1 saturated heterocycles. The van der Waals surface area contributed by atoms with E-state index in [1.807, 2.05) is 15.7 Å². The van der Waals surface area contributed by atoms with Gasteiger partial charge >= 0.3 is 11.9 Å². The SMILES string of the molecule is O=C(O)C1CCN(CCCn2ccnc2)CC1C(=O)O. The molecule has 0 amide bonds. The van der Waals surface area contributed by atoms with E-state index in [1.54, 1.807) is 12.5 Å². The molecular formula is C13H19N3O4. The van der Waals surface area contributed by atoms with Gasteiger partial charge in [-0.3, -0.25) is 9.59 Å². The molecular weight excluding hydrogens is 262 g/mol. The average Bonchev–Trinajstić information content (AvgIpc) is 2.91. The summed E-state index contributed by atoms with van der Waals surface area (Å²) in [5, 5.41) is 18.2. The Labute approximate surface area is 116 Å². The summed E-state index contributed by atoms with van der Waals surface area (Å²) in [5.41, 5.74) is 0. The third-order valence-corrected chi connectivity index (χ3v) is 3.78. The number of carboxylic acid groups (broad SMARTS) is 2. The number of aliphatic carboxylic acids is 2. The first-order valence-corrected chi connectivity index (χ1v) is 6.71. The van der Waals surface area contributed by atoms with Crippen LogP contribution in [-0.4, -0.2) is 56.2 Å². The molecule has 2 N–H and O–H groups in total. The number of carboxylic acids is 2. The van der Waals surface area contributed by atoms with Crippen LogP contribution >= 0.6 is 0 Å². The van der Waals surface area contributed by atoms with E-state index in [2.05, 4.69) is 4.98 Å². The molecule has 0 aromatic carbocycles. The van der Waals surface area contributed by atoms with Crippen LogP contribution in [0, 0.1) is 11.8 Å². The first-order valence-electron chi connectivity index (χ1n) is 6.71. The summed E-state index contributed by atoms with van der Waals surface area (Å²) in [7, 11) is 0. The lowest BCUT2D eigenvalue weighted by Gasteiger charge is -2.34. The van der Waals surface area contributed by atoms with E-state index >= 15 is 0 Å². The molecule has 0 saturated carbocycles. The highest BCUT2D eigenvalue weighted by Gasteiger charge is 2.38. The van der Waals surface area contributed by atoms with Crippen molar-refractivity contribution >= 4 is 11.9 Å². The van der Waals surface area contributed by atoms with Crippen LogP contribution in [-0.2, 0) is 16.1 Å². The number of imidazole rings is 1. The Hall–Kier alpha value is -1.89. The van der Waals surface area contributed by atoms with Gasteiger partial charge in [-0.25, -0.2) is 4.98 Å². The van der Waals surface area contributed by atoms with Gasteiger partial charge in [0, 0.05) is 25.5 Å². The molecule has 2 atom stereocenters. The second-order valence-corrected chi connectivity index (χ2v) is 5.13. The van der Waals surface area contributed by atoms with Crippen LogP contribution in [0.25, 0.3) is 0 Å². The van der Waals surface area contributed by atoms with Crippen LogP contribution in [0.1, 0.15) is 12.8 Å². The number of rotatable bonds is 6. The highest BCUT2D eigenvalue weighted by Crippen LogP contribution is 2.24. The normalized spacial score (nSPS) is 23.6. The minimum atomic E-state index is -1.02. The number of nitrogens with zero attached hydrogens (tertiary/aromatic N) is 3. The van der Waals surface area contributed by atoms with Crippen molar-refractivity contribution in [3.05, 3.63) is 18.7 Å². The number of piperidine rings is 1. The van der Waals surface area contributed by atoms with E-state index in [9.17, 15) is 9.59 Å². The summed E-state index contributed by atoms with van der Waals surface area (Å²) in [6.07, 6.45) is 6.64. The second-order valence-electron chi connectivity index (χ2n) is 5.13. The van der Waals surface area contributed by atoms with Crippen molar-refractivity contribution in [2.24, 2.45) is 11.8 Å². The fourth-order valence-electron chi connectivity index (χ4n) is 2.66. The zero-order valence-electron chi connectivity index (χ0n) is 11.2. The molecule has 0 spiro atoms. The van der Waals surface area contributed by atoms with Gasteiger partial charge in [0.25, 0.3) is 0 Å². The highest BCUT2D eigenvalue weighted by atomic mass is 16.4. The van der Waals surface area contributed by atoms with Crippen LogP contribution in [0.5, 0.6) is 0 Å². The van der Waals surface area contributed by atoms with Crippen LogP contribution in [0.4, 0.5) is 0 Å². The molecule has 0 bridgehead atoms. The first-order chi connectivity index (χ1) is 9.58. The van der Waals surface area contributed by atoms with Crippen LogP contribution in [0.3, 0.4) is 0 Å². The molecule has 7 nitrogen and oxygen atoms in total. The Morgan fingerprint density at radius 2 is 1.95 bits per heavy atom. The molecule has 0 aliphatic carbocycles. The van der Waals surface area contributed by atoms with E-state index in [-0.39, 0.29) is 0 Å². The molecule has 2 rings (SSSR count). The molecule has 1 aromatic rings. The smallest absolute Gasteiger partial charge is 0.308 e. The van der Waals surface area contributed by atoms with Crippen molar-refractivity contribution in [3.8, 4) is 0 Å². The lowest BCUT2D eigenvalue weighted by Crippen LogP contribution is -2.46. The van der Waals surface area contributed by atoms with Gasteiger partial charge in [0.1, 0.15) is 0 Å². The summed E-state index contributed by atoms with van der Waals surface area (Å²) >= 11 is 0. The Bertz CT molecular complexity index is 460. The maximum atomic E-state index is 11.2. The molecule has 2 unspecified atom stereocenters. The predicted octanol–water partition coefficient (Wildman–Crippen LogP) is 0.380. The van der Waals surface area contributed by atoms with E-state index in [0.29, 0.717) is 19.5 Å². The zero-order valence-corrected chi connectivity index (χ0v) is 11.2. The lowest BCUT2D eigenvalue weighted by molar-refractivity contribution is -0.157. The standard InChI is InChI=1S/C13H19N3O4/c17-12(18)10-2-6-15(8-11(10)13(19)20)4-1-5-16-7-3-14-9-16/h3,7,9-11H,1-2,4-6,8H2,(H,17,18)(H,19,20). The third kappa shape index (κ3) is 3.57. The fourth-order valence-corrected chi connectivity index (χ4v) is 2.66. The molecule has 2 heterocycles. The maximum absolute atomic E-state index is 11.2. The molecule has 110 valence electrons. The summed E-state index contributed by atoms with van der Waals surface area (Å²) < 4.78 is 1.97.